The molecule has 1 rings (SSSR count). The summed E-state index contributed by atoms with van der Waals surface area (Å²) < 4.78 is 17.6. The highest BCUT2D eigenvalue weighted by molar-refractivity contribution is 14.0. The predicted molar refractivity (Wildman–Crippen MR) is 115 cm³/mol. The van der Waals surface area contributed by atoms with Gasteiger partial charge in [0.15, 0.2) is 5.96 Å². The molecule has 0 bridgehead atoms. The molecule has 1 aliphatic carbocycles. The molecule has 0 spiro atoms. The molecule has 144 valence electrons. The molecule has 5 nitrogen and oxygen atoms in total. The number of hydrogen-bond acceptors (Lipinski definition) is 3. The SMILES string of the molecule is CCS(=O)C1CCCC(NC(=NC)NCCOCCC(C)C)C1.I. The summed E-state index contributed by atoms with van der Waals surface area (Å²) in [5.74, 6) is 2.27. The molecule has 1 fully saturated rings. The number of nitrogens with one attached hydrogen (secondary N) is 2. The summed E-state index contributed by atoms with van der Waals surface area (Å²) in [6.45, 7) is 8.69. The van der Waals surface area contributed by atoms with Gasteiger partial charge in [0.1, 0.15) is 0 Å². The van der Waals surface area contributed by atoms with Gasteiger partial charge in [0.25, 0.3) is 0 Å². The van der Waals surface area contributed by atoms with E-state index in [-0.39, 0.29) is 24.0 Å². The van der Waals surface area contributed by atoms with Crippen LogP contribution in [0.25, 0.3) is 0 Å². The van der Waals surface area contributed by atoms with E-state index in [9.17, 15) is 4.21 Å². The molecule has 0 heterocycles. The molecule has 3 atom stereocenters. The molecule has 7 heteroatoms. The normalized spacial score (nSPS) is 22.8. The molecule has 1 aliphatic rings. The summed E-state index contributed by atoms with van der Waals surface area (Å²) >= 11 is 0. The van der Waals surface area contributed by atoms with Crippen molar-refractivity contribution in [1.82, 2.24) is 10.6 Å². The van der Waals surface area contributed by atoms with E-state index in [4.69, 9.17) is 4.74 Å². The first-order chi connectivity index (χ1) is 11.1. The smallest absolute Gasteiger partial charge is 0.191 e. The number of nitrogens with zero attached hydrogens (tertiary/aromatic N) is 1. The molecule has 0 aromatic heterocycles. The maximum Gasteiger partial charge on any atom is 0.191 e. The second-order valence-electron chi connectivity index (χ2n) is 6.59. The van der Waals surface area contributed by atoms with Crippen molar-refractivity contribution in [1.29, 1.82) is 0 Å². The zero-order valence-electron chi connectivity index (χ0n) is 15.7. The molecule has 0 aromatic carbocycles. The largest absolute Gasteiger partial charge is 0.380 e. The maximum absolute atomic E-state index is 12.0. The van der Waals surface area contributed by atoms with Crippen LogP contribution in [0.15, 0.2) is 4.99 Å². The molecular weight excluding hydrogens is 437 g/mol. The van der Waals surface area contributed by atoms with E-state index in [1.165, 1.54) is 0 Å². The van der Waals surface area contributed by atoms with E-state index in [1.807, 2.05) is 6.92 Å². The van der Waals surface area contributed by atoms with Crippen LogP contribution in [0.5, 0.6) is 0 Å². The fourth-order valence-corrected chi connectivity index (χ4v) is 4.15. The Hall–Kier alpha value is 0.110. The van der Waals surface area contributed by atoms with Gasteiger partial charge in [-0.3, -0.25) is 9.20 Å². The molecule has 0 aromatic rings. The average Bonchev–Trinajstić information content (AvgIpc) is 2.56. The van der Waals surface area contributed by atoms with E-state index in [2.05, 4.69) is 29.5 Å². The van der Waals surface area contributed by atoms with Gasteiger partial charge in [-0.15, -0.1) is 24.0 Å². The second-order valence-corrected chi connectivity index (χ2v) is 8.60. The fourth-order valence-electron chi connectivity index (χ4n) is 2.80. The lowest BCUT2D eigenvalue weighted by Gasteiger charge is -2.30. The maximum atomic E-state index is 12.0. The third-order valence-electron chi connectivity index (χ3n) is 4.23. The molecule has 0 radical (unpaired) electrons. The van der Waals surface area contributed by atoms with Gasteiger partial charge in [0.2, 0.25) is 0 Å². The lowest BCUT2D eigenvalue weighted by atomic mass is 9.95. The van der Waals surface area contributed by atoms with Crippen molar-refractivity contribution in [2.45, 2.75) is 64.2 Å². The summed E-state index contributed by atoms with van der Waals surface area (Å²) in [7, 11) is 1.11. The quantitative estimate of drug-likeness (QED) is 0.234. The van der Waals surface area contributed by atoms with Crippen molar-refractivity contribution in [3.05, 3.63) is 0 Å². The zero-order valence-corrected chi connectivity index (χ0v) is 18.8. The number of halogens is 1. The average molecular weight is 473 g/mol. The predicted octanol–water partition coefficient (Wildman–Crippen LogP) is 2.91. The number of hydrogen-bond donors (Lipinski definition) is 2. The molecule has 24 heavy (non-hydrogen) atoms. The lowest BCUT2D eigenvalue weighted by molar-refractivity contribution is 0.128. The van der Waals surface area contributed by atoms with E-state index < -0.39 is 10.8 Å². The van der Waals surface area contributed by atoms with Gasteiger partial charge >= 0.3 is 0 Å². The summed E-state index contributed by atoms with van der Waals surface area (Å²) in [5.41, 5.74) is 0. The molecule has 2 N–H and O–H groups in total. The topological polar surface area (TPSA) is 62.7 Å². The van der Waals surface area contributed by atoms with E-state index in [0.29, 0.717) is 23.8 Å². The van der Waals surface area contributed by atoms with Gasteiger partial charge < -0.3 is 15.4 Å². The Morgan fingerprint density at radius 2 is 2.08 bits per heavy atom. The van der Waals surface area contributed by atoms with Crippen molar-refractivity contribution in [2.24, 2.45) is 10.9 Å². The van der Waals surface area contributed by atoms with Crippen LogP contribution < -0.4 is 10.6 Å². The molecule has 1 saturated carbocycles. The van der Waals surface area contributed by atoms with Crippen LogP contribution in [0.3, 0.4) is 0 Å². The molecular formula is C17H36IN3O2S. The number of ether oxygens (including phenoxy) is 1. The Morgan fingerprint density at radius 1 is 1.33 bits per heavy atom. The minimum Gasteiger partial charge on any atom is -0.380 e. The Bertz CT molecular complexity index is 381. The number of aliphatic imine (C=N–C) groups is 1. The summed E-state index contributed by atoms with van der Waals surface area (Å²) in [6, 6.07) is 0.373. The van der Waals surface area contributed by atoms with E-state index in [0.717, 1.165) is 57.0 Å². The monoisotopic (exact) mass is 473 g/mol. The van der Waals surface area contributed by atoms with Gasteiger partial charge in [-0.2, -0.15) is 0 Å². The van der Waals surface area contributed by atoms with Crippen molar-refractivity contribution in [3.8, 4) is 0 Å². The molecule has 0 saturated heterocycles. The van der Waals surface area contributed by atoms with Crippen LogP contribution in [-0.2, 0) is 15.5 Å². The zero-order chi connectivity index (χ0) is 17.1. The van der Waals surface area contributed by atoms with Crippen LogP contribution in [0.4, 0.5) is 0 Å². The van der Waals surface area contributed by atoms with Crippen LogP contribution in [0.1, 0.15) is 52.9 Å². The number of rotatable bonds is 9. The summed E-state index contributed by atoms with van der Waals surface area (Å²) in [6.07, 6.45) is 5.44. The van der Waals surface area contributed by atoms with Crippen molar-refractivity contribution < 1.29 is 8.95 Å². The van der Waals surface area contributed by atoms with Gasteiger partial charge in [0.05, 0.1) is 6.61 Å². The minimum atomic E-state index is -0.684. The first-order valence-corrected chi connectivity index (χ1v) is 10.4. The van der Waals surface area contributed by atoms with Crippen molar-refractivity contribution in [3.63, 3.8) is 0 Å². The number of guanidine groups is 1. The summed E-state index contributed by atoms with van der Waals surface area (Å²) in [5, 5.41) is 7.11. The van der Waals surface area contributed by atoms with Gasteiger partial charge in [0, 0.05) is 48.0 Å². The fraction of sp³-hybridized carbons (Fsp3) is 0.941. The van der Waals surface area contributed by atoms with Crippen LogP contribution in [0, 0.1) is 5.92 Å². The Balaban J connectivity index is 0.00000529. The Morgan fingerprint density at radius 3 is 2.71 bits per heavy atom. The second kappa shape index (κ2) is 14.3. The first kappa shape index (κ1) is 24.1. The van der Waals surface area contributed by atoms with Gasteiger partial charge in [-0.05, 0) is 31.6 Å². The highest BCUT2D eigenvalue weighted by Crippen LogP contribution is 2.22. The van der Waals surface area contributed by atoms with Crippen LogP contribution in [-0.4, -0.2) is 54.0 Å². The van der Waals surface area contributed by atoms with Crippen molar-refractivity contribution >= 4 is 40.7 Å². The van der Waals surface area contributed by atoms with E-state index >= 15 is 0 Å². The van der Waals surface area contributed by atoms with Gasteiger partial charge in [-0.25, -0.2) is 0 Å². The van der Waals surface area contributed by atoms with Crippen LogP contribution in [0.2, 0.25) is 0 Å². The highest BCUT2D eigenvalue weighted by atomic mass is 127. The third-order valence-corrected chi connectivity index (χ3v) is 5.97. The highest BCUT2D eigenvalue weighted by Gasteiger charge is 2.25. The first-order valence-electron chi connectivity index (χ1n) is 8.98. The molecule has 0 amide bonds. The molecule has 3 unspecified atom stereocenters. The van der Waals surface area contributed by atoms with E-state index in [1.54, 1.807) is 7.05 Å². The van der Waals surface area contributed by atoms with Crippen LogP contribution >= 0.6 is 24.0 Å². The van der Waals surface area contributed by atoms with Crippen molar-refractivity contribution in [2.75, 3.05) is 32.6 Å². The lowest BCUT2D eigenvalue weighted by Crippen LogP contribution is -2.47. The standard InChI is InChI=1S/C17H35N3O2S.HI/c1-5-23(21)16-8-6-7-15(13-16)20-17(18-4)19-10-12-22-11-9-14(2)3;/h14-16H,5-13H2,1-4H3,(H2,18,19,20);1H. The molecule has 0 aliphatic heterocycles. The third kappa shape index (κ3) is 10.2. The summed E-state index contributed by atoms with van der Waals surface area (Å²) in [4.78, 5) is 4.28. The Labute approximate surface area is 167 Å². The Kier molecular flexibility index (Phi) is 14.4. The van der Waals surface area contributed by atoms with Gasteiger partial charge in [-0.1, -0.05) is 27.2 Å². The minimum absolute atomic E-state index is 0.